The molecule has 106 valence electrons. The Kier molecular flexibility index (Phi) is 4.60. The highest BCUT2D eigenvalue weighted by Crippen LogP contribution is 2.26. The summed E-state index contributed by atoms with van der Waals surface area (Å²) >= 11 is 0. The van der Waals surface area contributed by atoms with Gasteiger partial charge in [-0.2, -0.15) is 8.42 Å². The van der Waals surface area contributed by atoms with Crippen molar-refractivity contribution in [2.75, 3.05) is 7.11 Å². The van der Waals surface area contributed by atoms with E-state index in [1.807, 2.05) is 6.92 Å². The van der Waals surface area contributed by atoms with Crippen molar-refractivity contribution in [3.05, 3.63) is 29.8 Å². The molecule has 1 aromatic rings. The quantitative estimate of drug-likeness (QED) is 0.798. The third-order valence-electron chi connectivity index (χ3n) is 3.53. The van der Waals surface area contributed by atoms with Crippen molar-refractivity contribution in [1.82, 2.24) is 0 Å². The van der Waals surface area contributed by atoms with Crippen molar-refractivity contribution in [3.63, 3.8) is 0 Å². The van der Waals surface area contributed by atoms with Gasteiger partial charge >= 0.3 is 0 Å². The zero-order valence-electron chi connectivity index (χ0n) is 11.3. The van der Waals surface area contributed by atoms with Crippen molar-refractivity contribution in [2.45, 2.75) is 49.7 Å². The Bertz CT molecular complexity index is 499. The molecule has 0 amide bonds. The first-order valence-electron chi connectivity index (χ1n) is 6.54. The molecule has 0 aromatic heterocycles. The van der Waals surface area contributed by atoms with Gasteiger partial charge in [-0.1, -0.05) is 17.7 Å². The molecule has 19 heavy (non-hydrogen) atoms. The lowest BCUT2D eigenvalue weighted by Gasteiger charge is -2.27. The van der Waals surface area contributed by atoms with Gasteiger partial charge in [-0.3, -0.25) is 4.18 Å². The number of rotatable bonds is 4. The van der Waals surface area contributed by atoms with E-state index in [0.717, 1.165) is 31.2 Å². The van der Waals surface area contributed by atoms with Crippen LogP contribution in [0.25, 0.3) is 0 Å². The summed E-state index contributed by atoms with van der Waals surface area (Å²) in [7, 11) is -1.95. The Labute approximate surface area is 114 Å². The molecule has 5 heteroatoms. The minimum atomic E-state index is -3.64. The van der Waals surface area contributed by atoms with Gasteiger partial charge < -0.3 is 4.74 Å². The second kappa shape index (κ2) is 6.03. The number of benzene rings is 1. The van der Waals surface area contributed by atoms with Gasteiger partial charge in [-0.05, 0) is 44.7 Å². The Hall–Kier alpha value is -0.910. The predicted octanol–water partition coefficient (Wildman–Crippen LogP) is 2.66. The topological polar surface area (TPSA) is 52.6 Å². The zero-order valence-corrected chi connectivity index (χ0v) is 12.2. The van der Waals surface area contributed by atoms with Crippen molar-refractivity contribution < 1.29 is 17.3 Å². The molecule has 0 radical (unpaired) electrons. The molecule has 2 rings (SSSR count). The number of aryl methyl sites for hydroxylation is 1. The molecule has 0 N–H and O–H groups in total. The van der Waals surface area contributed by atoms with Crippen molar-refractivity contribution in [3.8, 4) is 0 Å². The summed E-state index contributed by atoms with van der Waals surface area (Å²) in [6.07, 6.45) is 3.17. The smallest absolute Gasteiger partial charge is 0.297 e. The molecular weight excluding hydrogens is 264 g/mol. The van der Waals surface area contributed by atoms with E-state index in [1.54, 1.807) is 31.4 Å². The number of ether oxygens (including phenoxy) is 1. The van der Waals surface area contributed by atoms with Gasteiger partial charge in [0, 0.05) is 7.11 Å². The normalized spacial score (nSPS) is 24.3. The fourth-order valence-corrected chi connectivity index (χ4v) is 3.44. The maximum absolute atomic E-state index is 12.1. The van der Waals surface area contributed by atoms with E-state index in [2.05, 4.69) is 0 Å². The second-order valence-electron chi connectivity index (χ2n) is 5.00. The Balaban J connectivity index is 2.00. The van der Waals surface area contributed by atoms with Gasteiger partial charge in [-0.15, -0.1) is 0 Å². The van der Waals surface area contributed by atoms with Gasteiger partial charge in [0.15, 0.2) is 0 Å². The second-order valence-corrected chi connectivity index (χ2v) is 6.57. The first kappa shape index (κ1) is 14.5. The molecule has 0 atom stereocenters. The van der Waals surface area contributed by atoms with E-state index in [9.17, 15) is 8.42 Å². The number of methoxy groups -OCH3 is 1. The van der Waals surface area contributed by atoms with Crippen LogP contribution in [-0.2, 0) is 19.0 Å². The Morgan fingerprint density at radius 2 is 1.53 bits per heavy atom. The van der Waals surface area contributed by atoms with E-state index in [4.69, 9.17) is 8.92 Å². The Morgan fingerprint density at radius 3 is 2.05 bits per heavy atom. The lowest BCUT2D eigenvalue weighted by atomic mass is 9.95. The summed E-state index contributed by atoms with van der Waals surface area (Å²) < 4.78 is 34.8. The molecule has 0 aliphatic heterocycles. The van der Waals surface area contributed by atoms with Crippen LogP contribution in [0.15, 0.2) is 29.2 Å². The highest BCUT2D eigenvalue weighted by molar-refractivity contribution is 7.86. The van der Waals surface area contributed by atoms with E-state index in [1.165, 1.54) is 0 Å². The number of hydrogen-bond donors (Lipinski definition) is 0. The molecule has 0 unspecified atom stereocenters. The molecule has 4 nitrogen and oxygen atoms in total. The van der Waals surface area contributed by atoms with Crippen LogP contribution in [0.4, 0.5) is 0 Å². The van der Waals surface area contributed by atoms with E-state index in [0.29, 0.717) is 0 Å². The average molecular weight is 284 g/mol. The predicted molar refractivity (Wildman–Crippen MR) is 72.5 cm³/mol. The summed E-state index contributed by atoms with van der Waals surface area (Å²) in [6, 6.07) is 6.73. The Morgan fingerprint density at radius 1 is 1.00 bits per heavy atom. The fourth-order valence-electron chi connectivity index (χ4n) is 2.30. The lowest BCUT2D eigenvalue weighted by Crippen LogP contribution is -2.27. The van der Waals surface area contributed by atoms with Crippen LogP contribution in [0.3, 0.4) is 0 Å². The standard InChI is InChI=1S/C14H20O4S/c1-11-3-9-14(10-4-11)19(15,16)18-13-7-5-12(17-2)6-8-13/h3-4,9-10,12-13H,5-8H2,1-2H3. The van der Waals surface area contributed by atoms with Gasteiger partial charge in [-0.25, -0.2) is 0 Å². The first-order chi connectivity index (χ1) is 9.01. The van der Waals surface area contributed by atoms with Gasteiger partial charge in [0.05, 0.1) is 17.1 Å². The van der Waals surface area contributed by atoms with Crippen LogP contribution in [0, 0.1) is 6.92 Å². The maximum Gasteiger partial charge on any atom is 0.297 e. The molecule has 0 saturated heterocycles. The lowest BCUT2D eigenvalue weighted by molar-refractivity contribution is 0.0346. The van der Waals surface area contributed by atoms with Gasteiger partial charge in [0.2, 0.25) is 0 Å². The van der Waals surface area contributed by atoms with Crippen LogP contribution in [-0.4, -0.2) is 27.7 Å². The maximum atomic E-state index is 12.1. The minimum Gasteiger partial charge on any atom is -0.381 e. The highest BCUT2D eigenvalue weighted by atomic mass is 32.2. The summed E-state index contributed by atoms with van der Waals surface area (Å²) in [5.74, 6) is 0. The third-order valence-corrected chi connectivity index (χ3v) is 4.90. The monoisotopic (exact) mass is 284 g/mol. The SMILES string of the molecule is COC1CCC(OS(=O)(=O)c2ccc(C)cc2)CC1. The molecule has 0 heterocycles. The minimum absolute atomic E-state index is 0.224. The van der Waals surface area contributed by atoms with Crippen molar-refractivity contribution in [2.24, 2.45) is 0 Å². The summed E-state index contributed by atoms with van der Waals surface area (Å²) in [5.41, 5.74) is 1.03. The highest BCUT2D eigenvalue weighted by Gasteiger charge is 2.26. The van der Waals surface area contributed by atoms with Crippen LogP contribution >= 0.6 is 0 Å². The molecule has 1 aromatic carbocycles. The van der Waals surface area contributed by atoms with Crippen LogP contribution in [0.2, 0.25) is 0 Å². The number of hydrogen-bond acceptors (Lipinski definition) is 4. The summed E-state index contributed by atoms with van der Waals surface area (Å²) in [4.78, 5) is 0.229. The fraction of sp³-hybridized carbons (Fsp3) is 0.571. The average Bonchev–Trinajstić information content (AvgIpc) is 2.40. The molecular formula is C14H20O4S. The molecule has 1 saturated carbocycles. The van der Waals surface area contributed by atoms with E-state index < -0.39 is 10.1 Å². The summed E-state index contributed by atoms with van der Waals surface area (Å²) in [5, 5.41) is 0. The van der Waals surface area contributed by atoms with Gasteiger partial charge in [0.1, 0.15) is 0 Å². The van der Waals surface area contributed by atoms with Gasteiger partial charge in [0.25, 0.3) is 10.1 Å². The third kappa shape index (κ3) is 3.78. The molecule has 1 aliphatic rings. The van der Waals surface area contributed by atoms with Crippen LogP contribution in [0.5, 0.6) is 0 Å². The van der Waals surface area contributed by atoms with Crippen molar-refractivity contribution >= 4 is 10.1 Å². The largest absolute Gasteiger partial charge is 0.381 e. The summed E-state index contributed by atoms with van der Waals surface area (Å²) in [6.45, 7) is 1.92. The van der Waals surface area contributed by atoms with E-state index >= 15 is 0 Å². The molecule has 1 fully saturated rings. The van der Waals surface area contributed by atoms with E-state index in [-0.39, 0.29) is 17.1 Å². The molecule has 0 spiro atoms. The van der Waals surface area contributed by atoms with Crippen LogP contribution in [0.1, 0.15) is 31.2 Å². The van der Waals surface area contributed by atoms with Crippen molar-refractivity contribution in [1.29, 1.82) is 0 Å². The van der Waals surface area contributed by atoms with Crippen LogP contribution < -0.4 is 0 Å². The molecule has 1 aliphatic carbocycles. The first-order valence-corrected chi connectivity index (χ1v) is 7.95. The zero-order chi connectivity index (χ0) is 13.9. The molecule has 0 bridgehead atoms.